The lowest BCUT2D eigenvalue weighted by atomic mass is 10.1. The van der Waals surface area contributed by atoms with Crippen LogP contribution < -0.4 is 5.32 Å². The number of amides is 1. The molecule has 0 aliphatic carbocycles. The highest BCUT2D eigenvalue weighted by atomic mass is 32.1. The van der Waals surface area contributed by atoms with Crippen LogP contribution in [-0.4, -0.2) is 30.6 Å². The first-order chi connectivity index (χ1) is 8.83. The Morgan fingerprint density at radius 1 is 1.56 bits per heavy atom. The number of carbonyl (C=O) groups is 1. The third-order valence-electron chi connectivity index (χ3n) is 3.17. The average Bonchev–Trinajstić information content (AvgIpc) is 3.05. The Labute approximate surface area is 109 Å². The second-order valence-corrected chi connectivity index (χ2v) is 5.36. The quantitative estimate of drug-likeness (QED) is 0.921. The molecular formula is C13H14N2O2S. The zero-order chi connectivity index (χ0) is 12.4. The fraction of sp³-hybridized carbons (Fsp3) is 0.385. The van der Waals surface area contributed by atoms with Gasteiger partial charge < -0.3 is 10.1 Å². The first-order valence-electron chi connectivity index (χ1n) is 6.02. The second kappa shape index (κ2) is 5.04. The van der Waals surface area contributed by atoms with Crippen molar-refractivity contribution >= 4 is 27.5 Å². The molecule has 1 atom stereocenters. The topological polar surface area (TPSA) is 51.2 Å². The molecule has 1 fully saturated rings. The Balaban J connectivity index is 1.67. The van der Waals surface area contributed by atoms with Gasteiger partial charge in [-0.25, -0.2) is 4.98 Å². The SMILES string of the molecule is O=C(NC[C@@H]1CCOC1)c1ccc2ncsc2c1. The number of thiazole rings is 1. The molecule has 5 heteroatoms. The molecule has 3 rings (SSSR count). The van der Waals surface area contributed by atoms with Crippen LogP contribution in [0.2, 0.25) is 0 Å². The highest BCUT2D eigenvalue weighted by Gasteiger charge is 2.16. The van der Waals surface area contributed by atoms with Gasteiger partial charge in [-0.05, 0) is 24.6 Å². The summed E-state index contributed by atoms with van der Waals surface area (Å²) in [4.78, 5) is 16.2. The number of carbonyl (C=O) groups excluding carboxylic acids is 1. The Bertz CT molecular complexity index is 561. The van der Waals surface area contributed by atoms with Crippen LogP contribution in [0.25, 0.3) is 10.2 Å². The van der Waals surface area contributed by atoms with Crippen LogP contribution in [0.4, 0.5) is 0 Å². The van der Waals surface area contributed by atoms with Crippen LogP contribution >= 0.6 is 11.3 Å². The summed E-state index contributed by atoms with van der Waals surface area (Å²) in [5.74, 6) is 0.443. The molecule has 0 spiro atoms. The minimum Gasteiger partial charge on any atom is -0.381 e. The van der Waals surface area contributed by atoms with E-state index in [0.29, 0.717) is 18.0 Å². The summed E-state index contributed by atoms with van der Waals surface area (Å²) >= 11 is 1.55. The van der Waals surface area contributed by atoms with Crippen LogP contribution in [0, 0.1) is 5.92 Å². The molecule has 0 saturated carbocycles. The number of benzene rings is 1. The van der Waals surface area contributed by atoms with Crippen molar-refractivity contribution in [3.8, 4) is 0 Å². The maximum atomic E-state index is 12.0. The number of ether oxygens (including phenoxy) is 1. The Hall–Kier alpha value is -1.46. The van der Waals surface area contributed by atoms with Gasteiger partial charge in [-0.15, -0.1) is 11.3 Å². The van der Waals surface area contributed by atoms with E-state index in [4.69, 9.17) is 4.74 Å². The summed E-state index contributed by atoms with van der Waals surface area (Å²) in [5, 5.41) is 2.96. The summed E-state index contributed by atoms with van der Waals surface area (Å²) in [6.45, 7) is 2.26. The molecule has 1 N–H and O–H groups in total. The van der Waals surface area contributed by atoms with Crippen molar-refractivity contribution in [3.05, 3.63) is 29.3 Å². The first-order valence-corrected chi connectivity index (χ1v) is 6.90. The third kappa shape index (κ3) is 2.37. The Kier molecular flexibility index (Phi) is 3.25. The van der Waals surface area contributed by atoms with Crippen molar-refractivity contribution in [3.63, 3.8) is 0 Å². The lowest BCUT2D eigenvalue weighted by Gasteiger charge is -2.09. The van der Waals surface area contributed by atoms with Crippen LogP contribution in [0.5, 0.6) is 0 Å². The van der Waals surface area contributed by atoms with Gasteiger partial charge in [-0.2, -0.15) is 0 Å². The molecule has 1 amide bonds. The zero-order valence-corrected chi connectivity index (χ0v) is 10.7. The molecule has 94 valence electrons. The van der Waals surface area contributed by atoms with E-state index in [9.17, 15) is 4.79 Å². The number of aromatic nitrogens is 1. The second-order valence-electron chi connectivity index (χ2n) is 4.47. The fourth-order valence-corrected chi connectivity index (χ4v) is 2.80. The largest absolute Gasteiger partial charge is 0.381 e. The summed E-state index contributed by atoms with van der Waals surface area (Å²) in [7, 11) is 0. The predicted octanol–water partition coefficient (Wildman–Crippen LogP) is 2.06. The molecule has 1 saturated heterocycles. The maximum Gasteiger partial charge on any atom is 0.251 e. The average molecular weight is 262 g/mol. The van der Waals surface area contributed by atoms with Gasteiger partial charge in [0.15, 0.2) is 0 Å². The van der Waals surface area contributed by atoms with E-state index in [1.54, 1.807) is 16.8 Å². The van der Waals surface area contributed by atoms with E-state index in [1.165, 1.54) is 0 Å². The lowest BCUT2D eigenvalue weighted by molar-refractivity contribution is 0.0945. The van der Waals surface area contributed by atoms with Gasteiger partial charge in [0, 0.05) is 24.6 Å². The van der Waals surface area contributed by atoms with Crippen molar-refractivity contribution in [2.24, 2.45) is 5.92 Å². The molecule has 1 aliphatic rings. The maximum absolute atomic E-state index is 12.0. The zero-order valence-electron chi connectivity index (χ0n) is 9.89. The molecule has 2 aromatic rings. The van der Waals surface area contributed by atoms with Crippen LogP contribution in [0.3, 0.4) is 0 Å². The van der Waals surface area contributed by atoms with E-state index in [1.807, 2.05) is 18.2 Å². The molecule has 1 aromatic heterocycles. The molecule has 1 aromatic carbocycles. The number of fused-ring (bicyclic) bond motifs is 1. The Morgan fingerprint density at radius 3 is 3.33 bits per heavy atom. The number of nitrogens with one attached hydrogen (secondary N) is 1. The van der Waals surface area contributed by atoms with Gasteiger partial charge in [0.1, 0.15) is 0 Å². The molecule has 2 heterocycles. The highest BCUT2D eigenvalue weighted by Crippen LogP contribution is 2.19. The van der Waals surface area contributed by atoms with Gasteiger partial charge in [0.2, 0.25) is 0 Å². The molecule has 0 radical (unpaired) electrons. The van der Waals surface area contributed by atoms with E-state index in [0.717, 1.165) is 29.9 Å². The van der Waals surface area contributed by atoms with Crippen molar-refractivity contribution in [2.45, 2.75) is 6.42 Å². The minimum absolute atomic E-state index is 0.0165. The van der Waals surface area contributed by atoms with Crippen LogP contribution in [0.15, 0.2) is 23.7 Å². The smallest absolute Gasteiger partial charge is 0.251 e. The van der Waals surface area contributed by atoms with E-state index >= 15 is 0 Å². The molecular weight excluding hydrogens is 248 g/mol. The van der Waals surface area contributed by atoms with Crippen molar-refractivity contribution < 1.29 is 9.53 Å². The summed E-state index contributed by atoms with van der Waals surface area (Å²) in [6.07, 6.45) is 1.04. The number of hydrogen-bond acceptors (Lipinski definition) is 4. The number of rotatable bonds is 3. The monoisotopic (exact) mass is 262 g/mol. The number of hydrogen-bond donors (Lipinski definition) is 1. The van der Waals surface area contributed by atoms with Crippen LogP contribution in [0.1, 0.15) is 16.8 Å². The fourth-order valence-electron chi connectivity index (χ4n) is 2.08. The van der Waals surface area contributed by atoms with Gasteiger partial charge in [0.05, 0.1) is 22.3 Å². The Morgan fingerprint density at radius 2 is 2.50 bits per heavy atom. The molecule has 1 aliphatic heterocycles. The van der Waals surface area contributed by atoms with E-state index < -0.39 is 0 Å². The molecule has 4 nitrogen and oxygen atoms in total. The van der Waals surface area contributed by atoms with Crippen molar-refractivity contribution in [2.75, 3.05) is 19.8 Å². The third-order valence-corrected chi connectivity index (χ3v) is 3.96. The van der Waals surface area contributed by atoms with Gasteiger partial charge in [-0.3, -0.25) is 4.79 Å². The molecule has 0 unspecified atom stereocenters. The van der Waals surface area contributed by atoms with E-state index in [2.05, 4.69) is 10.3 Å². The minimum atomic E-state index is -0.0165. The van der Waals surface area contributed by atoms with Crippen LogP contribution in [-0.2, 0) is 4.74 Å². The summed E-state index contributed by atoms with van der Waals surface area (Å²) in [6, 6.07) is 5.61. The van der Waals surface area contributed by atoms with Crippen molar-refractivity contribution in [1.82, 2.24) is 10.3 Å². The first kappa shape index (κ1) is 11.6. The lowest BCUT2D eigenvalue weighted by Crippen LogP contribution is -2.29. The number of nitrogens with zero attached hydrogens (tertiary/aromatic N) is 1. The highest BCUT2D eigenvalue weighted by molar-refractivity contribution is 7.16. The van der Waals surface area contributed by atoms with E-state index in [-0.39, 0.29) is 5.91 Å². The summed E-state index contributed by atoms with van der Waals surface area (Å²) < 4.78 is 6.33. The molecule has 0 bridgehead atoms. The van der Waals surface area contributed by atoms with Crippen molar-refractivity contribution in [1.29, 1.82) is 0 Å². The van der Waals surface area contributed by atoms with Gasteiger partial charge >= 0.3 is 0 Å². The predicted molar refractivity (Wildman–Crippen MR) is 70.9 cm³/mol. The van der Waals surface area contributed by atoms with Gasteiger partial charge in [-0.1, -0.05) is 0 Å². The van der Waals surface area contributed by atoms with Gasteiger partial charge in [0.25, 0.3) is 5.91 Å². The normalized spacial score (nSPS) is 19.2. The summed E-state index contributed by atoms with van der Waals surface area (Å²) in [5.41, 5.74) is 3.44. The molecule has 18 heavy (non-hydrogen) atoms. The standard InChI is InChI=1S/C13H14N2O2S/c16-13(14-6-9-3-4-17-7-9)10-1-2-11-12(5-10)18-8-15-11/h1-2,5,8-9H,3-4,6-7H2,(H,14,16)/t9-/m0/s1.